The summed E-state index contributed by atoms with van der Waals surface area (Å²) in [5, 5.41) is 10.7. The van der Waals surface area contributed by atoms with Gasteiger partial charge in [-0.15, -0.1) is 0 Å². The maximum atomic E-state index is 12.7. The van der Waals surface area contributed by atoms with Crippen LogP contribution < -0.4 is 0 Å². The van der Waals surface area contributed by atoms with Gasteiger partial charge in [0.1, 0.15) is 5.72 Å². The van der Waals surface area contributed by atoms with Gasteiger partial charge < -0.3 is 9.64 Å². The first-order valence-electron chi connectivity index (χ1n) is 7.59. The van der Waals surface area contributed by atoms with Crippen LogP contribution in [0.15, 0.2) is 24.3 Å². The van der Waals surface area contributed by atoms with Gasteiger partial charge in [0.05, 0.1) is 17.6 Å². The Morgan fingerprint density at radius 2 is 2.00 bits per heavy atom. The number of rotatable bonds is 3. The van der Waals surface area contributed by atoms with Crippen LogP contribution in [0.25, 0.3) is 0 Å². The molecule has 3 rings (SSSR count). The smallest absolute Gasteiger partial charge is 0.269 e. The van der Waals surface area contributed by atoms with Crippen molar-refractivity contribution in [2.75, 3.05) is 6.61 Å². The number of carbonyl (C=O) groups is 1. The monoisotopic (exact) mass is 304 g/mol. The molecule has 0 spiro atoms. The second-order valence-electron chi connectivity index (χ2n) is 6.52. The molecule has 6 heteroatoms. The van der Waals surface area contributed by atoms with E-state index in [1.54, 1.807) is 12.1 Å². The van der Waals surface area contributed by atoms with Gasteiger partial charge in [-0.2, -0.15) is 0 Å². The number of carbonyl (C=O) groups excluding carboxylic acids is 1. The first-order valence-corrected chi connectivity index (χ1v) is 7.59. The number of amides is 1. The summed E-state index contributed by atoms with van der Waals surface area (Å²) >= 11 is 0. The lowest BCUT2D eigenvalue weighted by molar-refractivity contribution is -0.384. The van der Waals surface area contributed by atoms with Crippen LogP contribution in [0.4, 0.5) is 5.69 Å². The zero-order valence-electron chi connectivity index (χ0n) is 12.8. The predicted molar refractivity (Wildman–Crippen MR) is 80.2 cm³/mol. The number of hydrogen-bond donors (Lipinski definition) is 0. The van der Waals surface area contributed by atoms with Crippen molar-refractivity contribution in [1.82, 2.24) is 4.90 Å². The minimum Gasteiger partial charge on any atom is -0.354 e. The molecule has 2 saturated heterocycles. The molecule has 2 heterocycles. The SMILES string of the molecule is CC1(C)OC[C@@H]2CC[C@@H](Cc3ccc([N+](=O)[O-])cc3)C(=O)N21. The quantitative estimate of drug-likeness (QED) is 0.635. The number of fused-ring (bicyclic) bond motifs is 1. The second kappa shape index (κ2) is 5.35. The van der Waals surface area contributed by atoms with E-state index in [-0.39, 0.29) is 23.6 Å². The lowest BCUT2D eigenvalue weighted by Gasteiger charge is -2.40. The van der Waals surface area contributed by atoms with Gasteiger partial charge in [-0.25, -0.2) is 0 Å². The minimum atomic E-state index is -0.532. The Kier molecular flexibility index (Phi) is 3.64. The van der Waals surface area contributed by atoms with Gasteiger partial charge in [0, 0.05) is 18.1 Å². The zero-order valence-corrected chi connectivity index (χ0v) is 12.8. The fraction of sp³-hybridized carbons (Fsp3) is 0.562. The molecule has 118 valence electrons. The first kappa shape index (κ1) is 15.0. The van der Waals surface area contributed by atoms with E-state index in [0.717, 1.165) is 18.4 Å². The Morgan fingerprint density at radius 1 is 1.32 bits per heavy atom. The molecule has 0 saturated carbocycles. The van der Waals surface area contributed by atoms with Gasteiger partial charge in [-0.05, 0) is 38.7 Å². The molecule has 0 radical (unpaired) electrons. The van der Waals surface area contributed by atoms with Gasteiger partial charge in [0.2, 0.25) is 5.91 Å². The van der Waals surface area contributed by atoms with Crippen molar-refractivity contribution in [3.05, 3.63) is 39.9 Å². The molecule has 2 fully saturated rings. The van der Waals surface area contributed by atoms with E-state index in [1.807, 2.05) is 18.7 Å². The van der Waals surface area contributed by atoms with Crippen LogP contribution in [0.3, 0.4) is 0 Å². The number of ether oxygens (including phenoxy) is 1. The number of piperidine rings is 1. The van der Waals surface area contributed by atoms with Gasteiger partial charge in [-0.1, -0.05) is 12.1 Å². The van der Waals surface area contributed by atoms with E-state index < -0.39 is 10.6 Å². The Labute approximate surface area is 129 Å². The first-order chi connectivity index (χ1) is 10.4. The van der Waals surface area contributed by atoms with Crippen LogP contribution in [0, 0.1) is 16.0 Å². The fourth-order valence-electron chi connectivity index (χ4n) is 3.48. The lowest BCUT2D eigenvalue weighted by atomic mass is 9.87. The number of hydrogen-bond acceptors (Lipinski definition) is 4. The summed E-state index contributed by atoms with van der Waals surface area (Å²) in [4.78, 5) is 24.9. The summed E-state index contributed by atoms with van der Waals surface area (Å²) in [6.45, 7) is 4.47. The fourth-order valence-corrected chi connectivity index (χ4v) is 3.48. The maximum absolute atomic E-state index is 12.7. The van der Waals surface area contributed by atoms with E-state index in [0.29, 0.717) is 13.0 Å². The number of nitrogens with zero attached hydrogens (tertiary/aromatic N) is 2. The van der Waals surface area contributed by atoms with Crippen molar-refractivity contribution in [3.63, 3.8) is 0 Å². The normalized spacial score (nSPS) is 26.8. The van der Waals surface area contributed by atoms with Gasteiger partial charge in [0.15, 0.2) is 0 Å². The Balaban J connectivity index is 1.73. The Bertz CT molecular complexity index is 597. The van der Waals surface area contributed by atoms with Crippen LogP contribution in [0.2, 0.25) is 0 Å². The molecule has 2 aliphatic rings. The number of benzene rings is 1. The van der Waals surface area contributed by atoms with Crippen molar-refractivity contribution in [2.45, 2.75) is 44.9 Å². The average molecular weight is 304 g/mol. The van der Waals surface area contributed by atoms with E-state index >= 15 is 0 Å². The van der Waals surface area contributed by atoms with Crippen molar-refractivity contribution in [1.29, 1.82) is 0 Å². The molecule has 0 aliphatic carbocycles. The van der Waals surface area contributed by atoms with Gasteiger partial charge in [-0.3, -0.25) is 14.9 Å². The highest BCUT2D eigenvalue weighted by Gasteiger charge is 2.48. The number of non-ortho nitro benzene ring substituents is 1. The van der Waals surface area contributed by atoms with Crippen LogP contribution in [-0.2, 0) is 16.0 Å². The summed E-state index contributed by atoms with van der Waals surface area (Å²) in [6.07, 6.45) is 2.42. The molecule has 0 aromatic heterocycles. The molecule has 1 aromatic carbocycles. The summed E-state index contributed by atoms with van der Waals surface area (Å²) in [5.74, 6) is 0.0655. The highest BCUT2D eigenvalue weighted by Crippen LogP contribution is 2.37. The lowest BCUT2D eigenvalue weighted by Crippen LogP contribution is -2.53. The Morgan fingerprint density at radius 3 is 2.64 bits per heavy atom. The third-order valence-corrected chi connectivity index (χ3v) is 4.64. The van der Waals surface area contributed by atoms with E-state index in [4.69, 9.17) is 4.74 Å². The van der Waals surface area contributed by atoms with Gasteiger partial charge in [0.25, 0.3) is 5.69 Å². The Hall–Kier alpha value is -1.95. The summed E-state index contributed by atoms with van der Waals surface area (Å²) in [5.41, 5.74) is 0.504. The molecule has 1 aromatic rings. The second-order valence-corrected chi connectivity index (χ2v) is 6.52. The summed E-state index contributed by atoms with van der Waals surface area (Å²) in [6, 6.07) is 6.66. The molecular formula is C16H20N2O4. The topological polar surface area (TPSA) is 72.7 Å². The zero-order chi connectivity index (χ0) is 15.9. The van der Waals surface area contributed by atoms with Crippen LogP contribution >= 0.6 is 0 Å². The van der Waals surface area contributed by atoms with Gasteiger partial charge >= 0.3 is 0 Å². The highest BCUT2D eigenvalue weighted by atomic mass is 16.6. The third-order valence-electron chi connectivity index (χ3n) is 4.64. The van der Waals surface area contributed by atoms with Crippen molar-refractivity contribution in [3.8, 4) is 0 Å². The van der Waals surface area contributed by atoms with E-state index in [9.17, 15) is 14.9 Å². The highest BCUT2D eigenvalue weighted by molar-refractivity contribution is 5.81. The maximum Gasteiger partial charge on any atom is 0.269 e. The van der Waals surface area contributed by atoms with Crippen molar-refractivity contribution in [2.24, 2.45) is 5.92 Å². The predicted octanol–water partition coefficient (Wildman–Crippen LogP) is 2.51. The molecule has 2 aliphatic heterocycles. The molecule has 0 N–H and O–H groups in total. The molecule has 22 heavy (non-hydrogen) atoms. The molecule has 6 nitrogen and oxygen atoms in total. The number of nitro benzene ring substituents is 1. The average Bonchev–Trinajstić information content (AvgIpc) is 2.78. The van der Waals surface area contributed by atoms with E-state index in [1.165, 1.54) is 12.1 Å². The molecule has 2 atom stereocenters. The van der Waals surface area contributed by atoms with Crippen molar-refractivity contribution < 1.29 is 14.5 Å². The molecule has 0 unspecified atom stereocenters. The van der Waals surface area contributed by atoms with Crippen LogP contribution in [0.1, 0.15) is 32.3 Å². The molecule has 1 amide bonds. The standard InChI is InChI=1S/C16H20N2O4/c1-16(2)17-14(10-22-16)8-5-12(15(17)19)9-11-3-6-13(7-4-11)18(20)21/h3-4,6-7,12,14H,5,8-10H2,1-2H3/t12-,14-/m0/s1. The van der Waals surface area contributed by atoms with E-state index in [2.05, 4.69) is 0 Å². The molecule has 0 bridgehead atoms. The minimum absolute atomic E-state index is 0.0707. The van der Waals surface area contributed by atoms with Crippen LogP contribution in [-0.4, -0.2) is 34.1 Å². The molecular weight excluding hydrogens is 284 g/mol. The largest absolute Gasteiger partial charge is 0.354 e. The summed E-state index contributed by atoms with van der Waals surface area (Å²) in [7, 11) is 0. The third kappa shape index (κ3) is 2.59. The van der Waals surface area contributed by atoms with Crippen LogP contribution in [0.5, 0.6) is 0 Å². The number of nitro groups is 1. The van der Waals surface area contributed by atoms with Crippen molar-refractivity contribution >= 4 is 11.6 Å². The summed E-state index contributed by atoms with van der Waals surface area (Å²) < 4.78 is 5.73.